The molecule has 0 saturated heterocycles. The fourth-order valence-electron chi connectivity index (χ4n) is 1.78. The number of aliphatic carboxylic acids is 1. The Morgan fingerprint density at radius 1 is 1.45 bits per heavy atom. The van der Waals surface area contributed by atoms with Crippen molar-refractivity contribution in [3.63, 3.8) is 0 Å². The van der Waals surface area contributed by atoms with E-state index in [4.69, 9.17) is 5.11 Å². The van der Waals surface area contributed by atoms with Gasteiger partial charge in [-0.25, -0.2) is 4.79 Å². The van der Waals surface area contributed by atoms with Gasteiger partial charge in [-0.3, -0.25) is 0 Å². The van der Waals surface area contributed by atoms with Gasteiger partial charge in [-0.15, -0.1) is 11.3 Å². The molecule has 1 heterocycles. The van der Waals surface area contributed by atoms with Crippen molar-refractivity contribution in [2.75, 3.05) is 11.9 Å². The number of carbonyl (C=O) groups is 1. The molecule has 1 aromatic heterocycles. The van der Waals surface area contributed by atoms with Gasteiger partial charge in [0.25, 0.3) is 0 Å². The number of anilines is 1. The van der Waals surface area contributed by atoms with E-state index in [0.717, 1.165) is 28.3 Å². The lowest BCUT2D eigenvalue weighted by molar-refractivity contribution is -0.131. The van der Waals surface area contributed by atoms with E-state index in [1.54, 1.807) is 17.4 Å². The van der Waals surface area contributed by atoms with Crippen molar-refractivity contribution in [3.05, 3.63) is 56.7 Å². The van der Waals surface area contributed by atoms with E-state index in [1.165, 1.54) is 4.88 Å². The van der Waals surface area contributed by atoms with Gasteiger partial charge in [-0.2, -0.15) is 0 Å². The van der Waals surface area contributed by atoms with Crippen LogP contribution in [0.5, 0.6) is 0 Å². The zero-order valence-corrected chi connectivity index (χ0v) is 13.3. The lowest BCUT2D eigenvalue weighted by Crippen LogP contribution is -2.15. The number of carboxylic acid groups (broad SMARTS) is 1. The van der Waals surface area contributed by atoms with Crippen molar-refractivity contribution in [1.82, 2.24) is 0 Å². The second-order valence-corrected chi connectivity index (χ2v) is 6.20. The first-order valence-corrected chi connectivity index (χ1v) is 7.67. The van der Waals surface area contributed by atoms with Crippen molar-refractivity contribution < 1.29 is 9.90 Å². The predicted octanol–water partition coefficient (Wildman–Crippen LogP) is 4.24. The molecule has 2 aromatic rings. The van der Waals surface area contributed by atoms with Gasteiger partial charge in [0, 0.05) is 28.2 Å². The van der Waals surface area contributed by atoms with Gasteiger partial charge in [0.05, 0.1) is 6.54 Å². The first-order valence-electron chi connectivity index (χ1n) is 6.00. The summed E-state index contributed by atoms with van der Waals surface area (Å²) >= 11 is 5.21. The maximum absolute atomic E-state index is 10.5. The first kappa shape index (κ1) is 14.8. The van der Waals surface area contributed by atoms with Gasteiger partial charge in [0.2, 0.25) is 0 Å². The third-order valence-electron chi connectivity index (χ3n) is 2.80. The SMILES string of the molecule is CN(Cc1cccs1)c1ccc(/C=C/C(=O)O)c(Br)c1. The van der Waals surface area contributed by atoms with Crippen LogP contribution in [0.15, 0.2) is 46.3 Å². The highest BCUT2D eigenvalue weighted by molar-refractivity contribution is 9.10. The lowest BCUT2D eigenvalue weighted by Gasteiger charge is -2.19. The van der Waals surface area contributed by atoms with Gasteiger partial charge in [0.1, 0.15) is 0 Å². The average molecular weight is 352 g/mol. The summed E-state index contributed by atoms with van der Waals surface area (Å²) < 4.78 is 0.880. The number of nitrogens with zero attached hydrogens (tertiary/aromatic N) is 1. The Morgan fingerprint density at radius 2 is 2.25 bits per heavy atom. The molecule has 0 saturated carbocycles. The molecule has 2 rings (SSSR count). The second-order valence-electron chi connectivity index (χ2n) is 4.31. The number of hydrogen-bond acceptors (Lipinski definition) is 3. The monoisotopic (exact) mass is 351 g/mol. The average Bonchev–Trinajstić information content (AvgIpc) is 2.89. The van der Waals surface area contributed by atoms with Crippen LogP contribution in [0.4, 0.5) is 5.69 Å². The maximum Gasteiger partial charge on any atom is 0.328 e. The Kier molecular flexibility index (Phi) is 4.98. The van der Waals surface area contributed by atoms with E-state index in [1.807, 2.05) is 31.3 Å². The van der Waals surface area contributed by atoms with Gasteiger partial charge in [-0.1, -0.05) is 28.1 Å². The van der Waals surface area contributed by atoms with Crippen LogP contribution in [0.3, 0.4) is 0 Å². The molecule has 0 aliphatic heterocycles. The number of thiophene rings is 1. The van der Waals surface area contributed by atoms with Crippen molar-refractivity contribution in [3.8, 4) is 0 Å². The summed E-state index contributed by atoms with van der Waals surface area (Å²) in [6, 6.07) is 10.0. The quantitative estimate of drug-likeness (QED) is 0.818. The normalized spacial score (nSPS) is 10.9. The van der Waals surface area contributed by atoms with E-state index in [2.05, 4.69) is 32.3 Å². The summed E-state index contributed by atoms with van der Waals surface area (Å²) in [6.45, 7) is 0.856. The summed E-state index contributed by atoms with van der Waals surface area (Å²) in [5.74, 6) is -0.948. The molecule has 0 radical (unpaired) electrons. The third-order valence-corrected chi connectivity index (χ3v) is 4.35. The smallest absolute Gasteiger partial charge is 0.328 e. The first-order chi connectivity index (χ1) is 9.56. The lowest BCUT2D eigenvalue weighted by atomic mass is 10.2. The molecule has 0 spiro atoms. The minimum Gasteiger partial charge on any atom is -0.478 e. The highest BCUT2D eigenvalue weighted by Crippen LogP contribution is 2.26. The fourth-order valence-corrected chi connectivity index (χ4v) is 3.03. The van der Waals surface area contributed by atoms with Crippen LogP contribution < -0.4 is 4.90 Å². The molecular formula is C15H14BrNO2S. The Labute approximate surface area is 130 Å². The minimum atomic E-state index is -0.948. The van der Waals surface area contributed by atoms with Crippen LogP contribution in [0, 0.1) is 0 Å². The molecular weight excluding hydrogens is 338 g/mol. The number of halogens is 1. The van der Waals surface area contributed by atoms with Crippen LogP contribution in [0.2, 0.25) is 0 Å². The third kappa shape index (κ3) is 3.95. The molecule has 0 fully saturated rings. The minimum absolute atomic E-state index is 0.848. The van der Waals surface area contributed by atoms with Crippen LogP contribution in [-0.2, 0) is 11.3 Å². The molecule has 104 valence electrons. The van der Waals surface area contributed by atoms with Crippen LogP contribution in [0.25, 0.3) is 6.08 Å². The highest BCUT2D eigenvalue weighted by atomic mass is 79.9. The number of rotatable bonds is 5. The topological polar surface area (TPSA) is 40.5 Å². The molecule has 3 nitrogen and oxygen atoms in total. The Hall–Kier alpha value is -1.59. The summed E-state index contributed by atoms with van der Waals surface area (Å²) in [7, 11) is 2.04. The molecule has 1 aromatic carbocycles. The molecule has 1 N–H and O–H groups in total. The van der Waals surface area contributed by atoms with E-state index < -0.39 is 5.97 Å². The van der Waals surface area contributed by atoms with E-state index in [9.17, 15) is 4.79 Å². The molecule has 0 unspecified atom stereocenters. The number of carboxylic acids is 1. The van der Waals surface area contributed by atoms with E-state index in [-0.39, 0.29) is 0 Å². The Morgan fingerprint density at radius 3 is 2.85 bits per heavy atom. The largest absolute Gasteiger partial charge is 0.478 e. The Bertz CT molecular complexity index is 623. The van der Waals surface area contributed by atoms with Crippen molar-refractivity contribution in [2.45, 2.75) is 6.54 Å². The molecule has 5 heteroatoms. The summed E-state index contributed by atoms with van der Waals surface area (Å²) in [4.78, 5) is 14.0. The maximum atomic E-state index is 10.5. The standard InChI is InChI=1S/C15H14BrNO2S/c1-17(10-13-3-2-8-20-13)12-6-4-11(14(16)9-12)5-7-15(18)19/h2-9H,10H2,1H3,(H,18,19)/b7-5+. The molecule has 0 bridgehead atoms. The van der Waals surface area contributed by atoms with Crippen molar-refractivity contribution in [2.24, 2.45) is 0 Å². The second kappa shape index (κ2) is 6.72. The van der Waals surface area contributed by atoms with Crippen molar-refractivity contribution in [1.29, 1.82) is 0 Å². The van der Waals surface area contributed by atoms with Gasteiger partial charge >= 0.3 is 5.97 Å². The predicted molar refractivity (Wildman–Crippen MR) is 87.2 cm³/mol. The van der Waals surface area contributed by atoms with Gasteiger partial charge < -0.3 is 10.0 Å². The zero-order chi connectivity index (χ0) is 14.5. The van der Waals surface area contributed by atoms with E-state index >= 15 is 0 Å². The van der Waals surface area contributed by atoms with Crippen molar-refractivity contribution >= 4 is 45.0 Å². The molecule has 0 atom stereocenters. The molecule has 0 aliphatic carbocycles. The Balaban J connectivity index is 2.13. The number of benzene rings is 1. The van der Waals surface area contributed by atoms with Crippen LogP contribution >= 0.6 is 27.3 Å². The molecule has 0 amide bonds. The summed E-state index contributed by atoms with van der Waals surface area (Å²) in [5, 5.41) is 10.7. The molecule has 0 aliphatic rings. The highest BCUT2D eigenvalue weighted by Gasteiger charge is 2.05. The summed E-state index contributed by atoms with van der Waals surface area (Å²) in [5.41, 5.74) is 1.93. The summed E-state index contributed by atoms with van der Waals surface area (Å²) in [6.07, 6.45) is 2.71. The fraction of sp³-hybridized carbons (Fsp3) is 0.133. The van der Waals surface area contributed by atoms with E-state index in [0.29, 0.717) is 0 Å². The van der Waals surface area contributed by atoms with Crippen LogP contribution in [-0.4, -0.2) is 18.1 Å². The van der Waals surface area contributed by atoms with Crippen LogP contribution in [0.1, 0.15) is 10.4 Å². The zero-order valence-electron chi connectivity index (χ0n) is 10.9. The van der Waals surface area contributed by atoms with Gasteiger partial charge in [0.15, 0.2) is 0 Å². The number of hydrogen-bond donors (Lipinski definition) is 1. The molecule has 20 heavy (non-hydrogen) atoms. The van der Waals surface area contributed by atoms with Gasteiger partial charge in [-0.05, 0) is 35.2 Å².